The molecule has 1 unspecified atom stereocenters. The molecule has 0 fully saturated rings. The second kappa shape index (κ2) is 4.98. The van der Waals surface area contributed by atoms with Crippen LogP contribution in [-0.4, -0.2) is 23.2 Å². The van der Waals surface area contributed by atoms with Crippen LogP contribution in [0.1, 0.15) is 30.9 Å². The SMILES string of the molecule is CC(N)(COc1ccc2c(c1)CCCC2)C(=O)O. The van der Waals surface area contributed by atoms with Crippen molar-refractivity contribution in [2.24, 2.45) is 5.73 Å². The van der Waals surface area contributed by atoms with Gasteiger partial charge in [-0.05, 0) is 55.9 Å². The molecule has 0 spiro atoms. The van der Waals surface area contributed by atoms with Crippen LogP contribution in [-0.2, 0) is 17.6 Å². The number of hydrogen-bond acceptors (Lipinski definition) is 3. The number of rotatable bonds is 4. The Morgan fingerprint density at radius 3 is 2.72 bits per heavy atom. The van der Waals surface area contributed by atoms with Gasteiger partial charge in [-0.3, -0.25) is 4.79 Å². The van der Waals surface area contributed by atoms with Crippen LogP contribution in [0.2, 0.25) is 0 Å². The van der Waals surface area contributed by atoms with Crippen LogP contribution >= 0.6 is 0 Å². The molecule has 1 aromatic carbocycles. The van der Waals surface area contributed by atoms with Crippen LogP contribution in [0, 0.1) is 0 Å². The number of aryl methyl sites for hydroxylation is 2. The smallest absolute Gasteiger partial charge is 0.326 e. The lowest BCUT2D eigenvalue weighted by Gasteiger charge is -2.21. The van der Waals surface area contributed by atoms with Crippen LogP contribution in [0.15, 0.2) is 18.2 Å². The van der Waals surface area contributed by atoms with E-state index >= 15 is 0 Å². The average molecular weight is 249 g/mol. The number of aliphatic carboxylic acids is 1. The van der Waals surface area contributed by atoms with E-state index in [4.69, 9.17) is 15.6 Å². The van der Waals surface area contributed by atoms with Gasteiger partial charge in [-0.15, -0.1) is 0 Å². The lowest BCUT2D eigenvalue weighted by atomic mass is 9.92. The predicted octanol–water partition coefficient (Wildman–Crippen LogP) is 1.75. The highest BCUT2D eigenvalue weighted by atomic mass is 16.5. The Bertz CT molecular complexity index is 454. The summed E-state index contributed by atoms with van der Waals surface area (Å²) in [6.07, 6.45) is 4.65. The second-order valence-corrected chi connectivity index (χ2v) is 5.15. The molecule has 0 aliphatic heterocycles. The van der Waals surface area contributed by atoms with Gasteiger partial charge in [-0.1, -0.05) is 6.07 Å². The van der Waals surface area contributed by atoms with E-state index in [1.54, 1.807) is 0 Å². The minimum absolute atomic E-state index is 0.0267. The van der Waals surface area contributed by atoms with Gasteiger partial charge in [0.05, 0.1) is 0 Å². The number of carboxylic acids is 1. The fourth-order valence-electron chi connectivity index (χ4n) is 2.09. The Hall–Kier alpha value is -1.55. The van der Waals surface area contributed by atoms with Gasteiger partial charge in [-0.25, -0.2) is 0 Å². The van der Waals surface area contributed by atoms with E-state index in [-0.39, 0.29) is 6.61 Å². The maximum atomic E-state index is 10.9. The molecule has 3 N–H and O–H groups in total. The summed E-state index contributed by atoms with van der Waals surface area (Å²) in [5, 5.41) is 8.91. The van der Waals surface area contributed by atoms with Gasteiger partial charge in [0.15, 0.2) is 0 Å². The van der Waals surface area contributed by atoms with E-state index in [0.717, 1.165) is 12.8 Å². The highest BCUT2D eigenvalue weighted by Crippen LogP contribution is 2.25. The standard InChI is InChI=1S/C14H19NO3/c1-14(15,13(16)17)9-18-12-7-6-10-4-2-3-5-11(10)8-12/h6-8H,2-5,9,15H2,1H3,(H,16,17). The Kier molecular flexibility index (Phi) is 3.57. The quantitative estimate of drug-likeness (QED) is 0.852. The molecule has 0 bridgehead atoms. The first-order chi connectivity index (χ1) is 8.49. The predicted molar refractivity (Wildman–Crippen MR) is 68.8 cm³/mol. The first kappa shape index (κ1) is 12.9. The fourth-order valence-corrected chi connectivity index (χ4v) is 2.09. The summed E-state index contributed by atoms with van der Waals surface area (Å²) in [5.41, 5.74) is 6.96. The van der Waals surface area contributed by atoms with Crippen molar-refractivity contribution >= 4 is 5.97 Å². The fraction of sp³-hybridized carbons (Fsp3) is 0.500. The third-order valence-electron chi connectivity index (χ3n) is 3.35. The number of nitrogens with two attached hydrogens (primary N) is 1. The molecule has 0 saturated heterocycles. The summed E-state index contributed by atoms with van der Waals surface area (Å²) >= 11 is 0. The second-order valence-electron chi connectivity index (χ2n) is 5.15. The normalized spacial score (nSPS) is 17.7. The molecule has 98 valence electrons. The van der Waals surface area contributed by atoms with Gasteiger partial charge < -0.3 is 15.6 Å². The maximum absolute atomic E-state index is 10.9. The van der Waals surface area contributed by atoms with Crippen LogP contribution in [0.3, 0.4) is 0 Å². The molecule has 4 heteroatoms. The molecule has 0 saturated carbocycles. The first-order valence-electron chi connectivity index (χ1n) is 6.26. The van der Waals surface area contributed by atoms with E-state index in [1.165, 1.54) is 30.9 Å². The van der Waals surface area contributed by atoms with Crippen molar-refractivity contribution in [1.29, 1.82) is 0 Å². The number of fused-ring (bicyclic) bond motifs is 1. The Morgan fingerprint density at radius 1 is 1.39 bits per heavy atom. The largest absolute Gasteiger partial charge is 0.491 e. The van der Waals surface area contributed by atoms with Gasteiger partial charge >= 0.3 is 5.97 Å². The first-order valence-corrected chi connectivity index (χ1v) is 6.26. The minimum atomic E-state index is -1.35. The summed E-state index contributed by atoms with van der Waals surface area (Å²) in [5.74, 6) is -0.353. The van der Waals surface area contributed by atoms with Gasteiger partial charge in [0.2, 0.25) is 0 Å². The number of carboxylic acid groups (broad SMARTS) is 1. The van der Waals surface area contributed by atoms with Crippen molar-refractivity contribution in [2.45, 2.75) is 38.1 Å². The summed E-state index contributed by atoms with van der Waals surface area (Å²) in [4.78, 5) is 10.9. The van der Waals surface area contributed by atoms with E-state index in [1.807, 2.05) is 12.1 Å². The third-order valence-corrected chi connectivity index (χ3v) is 3.35. The zero-order valence-electron chi connectivity index (χ0n) is 10.6. The maximum Gasteiger partial charge on any atom is 0.326 e. The van der Waals surface area contributed by atoms with E-state index in [0.29, 0.717) is 5.75 Å². The number of benzene rings is 1. The summed E-state index contributed by atoms with van der Waals surface area (Å²) in [6.45, 7) is 1.43. The molecule has 1 aromatic rings. The monoisotopic (exact) mass is 249 g/mol. The average Bonchev–Trinajstić information content (AvgIpc) is 2.36. The van der Waals surface area contributed by atoms with Crippen molar-refractivity contribution in [3.05, 3.63) is 29.3 Å². The van der Waals surface area contributed by atoms with Gasteiger partial charge in [0, 0.05) is 0 Å². The molecule has 1 atom stereocenters. The van der Waals surface area contributed by atoms with Crippen LogP contribution in [0.25, 0.3) is 0 Å². The minimum Gasteiger partial charge on any atom is -0.491 e. The zero-order valence-corrected chi connectivity index (χ0v) is 10.6. The van der Waals surface area contributed by atoms with E-state index in [2.05, 4.69) is 6.07 Å². The molecule has 4 nitrogen and oxygen atoms in total. The Morgan fingerprint density at radius 2 is 2.06 bits per heavy atom. The topological polar surface area (TPSA) is 72.5 Å². The Balaban J connectivity index is 2.04. The van der Waals surface area contributed by atoms with Crippen molar-refractivity contribution in [3.63, 3.8) is 0 Å². The van der Waals surface area contributed by atoms with E-state index < -0.39 is 11.5 Å². The lowest BCUT2D eigenvalue weighted by Crippen LogP contribution is -2.49. The van der Waals surface area contributed by atoms with Crippen molar-refractivity contribution in [3.8, 4) is 5.75 Å². The molecule has 0 radical (unpaired) electrons. The molecule has 0 aromatic heterocycles. The van der Waals surface area contributed by atoms with Crippen molar-refractivity contribution < 1.29 is 14.6 Å². The number of hydrogen-bond donors (Lipinski definition) is 2. The summed E-state index contributed by atoms with van der Waals surface area (Å²) < 4.78 is 5.49. The highest BCUT2D eigenvalue weighted by molar-refractivity contribution is 5.78. The van der Waals surface area contributed by atoms with Crippen LogP contribution in [0.4, 0.5) is 0 Å². The van der Waals surface area contributed by atoms with E-state index in [9.17, 15) is 4.79 Å². The van der Waals surface area contributed by atoms with Crippen LogP contribution < -0.4 is 10.5 Å². The lowest BCUT2D eigenvalue weighted by molar-refractivity contribution is -0.143. The highest BCUT2D eigenvalue weighted by Gasteiger charge is 2.29. The molecular weight excluding hydrogens is 230 g/mol. The molecule has 0 amide bonds. The third kappa shape index (κ3) is 2.82. The summed E-state index contributed by atoms with van der Waals surface area (Å²) in [7, 11) is 0. The molecule has 1 aliphatic carbocycles. The molecule has 0 heterocycles. The van der Waals surface area contributed by atoms with Gasteiger partial charge in [0.1, 0.15) is 17.9 Å². The zero-order chi connectivity index (χ0) is 13.2. The van der Waals surface area contributed by atoms with Gasteiger partial charge in [-0.2, -0.15) is 0 Å². The molecule has 2 rings (SSSR count). The number of ether oxygens (including phenoxy) is 1. The van der Waals surface area contributed by atoms with Crippen LogP contribution in [0.5, 0.6) is 5.75 Å². The summed E-state index contributed by atoms with van der Waals surface area (Å²) in [6, 6.07) is 5.97. The van der Waals surface area contributed by atoms with Crippen molar-refractivity contribution in [1.82, 2.24) is 0 Å². The van der Waals surface area contributed by atoms with Gasteiger partial charge in [0.25, 0.3) is 0 Å². The Labute approximate surface area is 107 Å². The molecule has 18 heavy (non-hydrogen) atoms. The molecular formula is C14H19NO3. The molecule has 1 aliphatic rings. The van der Waals surface area contributed by atoms with Crippen molar-refractivity contribution in [2.75, 3.05) is 6.61 Å². The number of carbonyl (C=O) groups is 1.